The van der Waals surface area contributed by atoms with Gasteiger partial charge in [0, 0.05) is 16.6 Å². The van der Waals surface area contributed by atoms with Crippen molar-refractivity contribution in [2.75, 3.05) is 13.2 Å². The van der Waals surface area contributed by atoms with Crippen LogP contribution in [0.4, 0.5) is 0 Å². The van der Waals surface area contributed by atoms with Gasteiger partial charge in [-0.05, 0) is 38.5 Å². The summed E-state index contributed by atoms with van der Waals surface area (Å²) in [5.41, 5.74) is -0.448. The molecule has 1 aromatic rings. The first-order valence-corrected chi connectivity index (χ1v) is 8.18. The molecule has 1 aliphatic heterocycles. The van der Waals surface area contributed by atoms with Crippen LogP contribution in [0.5, 0.6) is 5.75 Å². The number of hydrogen-bond acceptors (Lipinski definition) is 4. The number of halogens is 1. The molecule has 1 atom stereocenters. The maximum atomic E-state index is 12.5. The lowest BCUT2D eigenvalue weighted by Gasteiger charge is -2.27. The Labute approximate surface area is 143 Å². The SMILES string of the molecule is CC(C)Oc1cc(Br)cc(C(=O)NC2(CC(=O)O)CCOC2)c1. The molecule has 126 valence electrons. The van der Waals surface area contributed by atoms with Gasteiger partial charge in [-0.2, -0.15) is 0 Å². The van der Waals surface area contributed by atoms with Gasteiger partial charge in [0.05, 0.1) is 24.7 Å². The molecule has 23 heavy (non-hydrogen) atoms. The first-order chi connectivity index (χ1) is 10.8. The molecule has 1 fully saturated rings. The number of hydrogen-bond donors (Lipinski definition) is 2. The fraction of sp³-hybridized carbons (Fsp3) is 0.500. The second kappa shape index (κ2) is 7.31. The molecular formula is C16H20BrNO5. The highest BCUT2D eigenvalue weighted by Gasteiger charge is 2.38. The topological polar surface area (TPSA) is 84.9 Å². The average molecular weight is 386 g/mol. The quantitative estimate of drug-likeness (QED) is 0.785. The van der Waals surface area contributed by atoms with Crippen LogP contribution in [-0.4, -0.2) is 41.8 Å². The van der Waals surface area contributed by atoms with Crippen LogP contribution in [-0.2, 0) is 9.53 Å². The maximum absolute atomic E-state index is 12.5. The third-order valence-corrected chi connectivity index (χ3v) is 3.93. The highest BCUT2D eigenvalue weighted by molar-refractivity contribution is 9.10. The Bertz CT molecular complexity index is 596. The largest absolute Gasteiger partial charge is 0.491 e. The molecule has 7 heteroatoms. The summed E-state index contributed by atoms with van der Waals surface area (Å²) in [5, 5.41) is 11.9. The molecule has 1 amide bonds. The number of carbonyl (C=O) groups is 2. The number of amides is 1. The smallest absolute Gasteiger partial charge is 0.305 e. The minimum atomic E-state index is -0.964. The lowest BCUT2D eigenvalue weighted by molar-refractivity contribution is -0.138. The molecule has 0 spiro atoms. The number of carboxylic acid groups (broad SMARTS) is 1. The van der Waals surface area contributed by atoms with Crippen molar-refractivity contribution in [3.05, 3.63) is 28.2 Å². The van der Waals surface area contributed by atoms with Gasteiger partial charge < -0.3 is 19.9 Å². The third kappa shape index (κ3) is 4.94. The van der Waals surface area contributed by atoms with E-state index in [0.717, 1.165) is 4.47 Å². The summed E-state index contributed by atoms with van der Waals surface area (Å²) in [5.74, 6) is -0.727. The molecule has 0 aliphatic carbocycles. The summed E-state index contributed by atoms with van der Waals surface area (Å²) in [6.07, 6.45) is 0.304. The zero-order valence-corrected chi connectivity index (χ0v) is 14.7. The first kappa shape index (κ1) is 17.7. The number of aliphatic carboxylic acids is 1. The molecule has 1 unspecified atom stereocenters. The van der Waals surface area contributed by atoms with E-state index in [0.29, 0.717) is 24.3 Å². The summed E-state index contributed by atoms with van der Waals surface area (Å²) in [6.45, 7) is 4.44. The molecule has 0 aromatic heterocycles. The Morgan fingerprint density at radius 3 is 2.74 bits per heavy atom. The van der Waals surface area contributed by atoms with Crippen LogP contribution in [0, 0.1) is 0 Å². The van der Waals surface area contributed by atoms with Gasteiger partial charge in [-0.25, -0.2) is 0 Å². The van der Waals surface area contributed by atoms with Gasteiger partial charge in [0.15, 0.2) is 0 Å². The monoisotopic (exact) mass is 385 g/mol. The number of carbonyl (C=O) groups excluding carboxylic acids is 1. The van der Waals surface area contributed by atoms with Crippen molar-refractivity contribution in [3.63, 3.8) is 0 Å². The molecule has 6 nitrogen and oxygen atoms in total. The lowest BCUT2D eigenvalue weighted by atomic mass is 9.93. The van der Waals surface area contributed by atoms with Crippen LogP contribution in [0.15, 0.2) is 22.7 Å². The van der Waals surface area contributed by atoms with Crippen molar-refractivity contribution in [2.24, 2.45) is 0 Å². The molecule has 1 heterocycles. The summed E-state index contributed by atoms with van der Waals surface area (Å²) in [4.78, 5) is 23.6. The maximum Gasteiger partial charge on any atom is 0.305 e. The van der Waals surface area contributed by atoms with Crippen molar-refractivity contribution in [1.29, 1.82) is 0 Å². The van der Waals surface area contributed by atoms with Gasteiger partial charge in [-0.3, -0.25) is 9.59 Å². The third-order valence-electron chi connectivity index (χ3n) is 3.48. The van der Waals surface area contributed by atoms with E-state index < -0.39 is 11.5 Å². The number of ether oxygens (including phenoxy) is 2. The number of rotatable bonds is 6. The molecule has 2 rings (SSSR count). The van der Waals surface area contributed by atoms with E-state index in [1.54, 1.807) is 18.2 Å². The predicted molar refractivity (Wildman–Crippen MR) is 87.8 cm³/mol. The molecule has 1 aromatic carbocycles. The van der Waals surface area contributed by atoms with Crippen molar-refractivity contribution in [1.82, 2.24) is 5.32 Å². The van der Waals surface area contributed by atoms with E-state index in [2.05, 4.69) is 21.2 Å². The molecule has 0 radical (unpaired) electrons. The molecule has 1 aliphatic rings. The van der Waals surface area contributed by atoms with E-state index in [-0.39, 0.29) is 25.0 Å². The molecule has 2 N–H and O–H groups in total. The van der Waals surface area contributed by atoms with Crippen LogP contribution in [0.25, 0.3) is 0 Å². The zero-order valence-electron chi connectivity index (χ0n) is 13.1. The minimum absolute atomic E-state index is 0.0122. The zero-order chi connectivity index (χ0) is 17.0. The van der Waals surface area contributed by atoms with E-state index in [4.69, 9.17) is 14.6 Å². The van der Waals surface area contributed by atoms with E-state index in [1.165, 1.54) is 0 Å². The lowest BCUT2D eigenvalue weighted by Crippen LogP contribution is -2.50. The highest BCUT2D eigenvalue weighted by Crippen LogP contribution is 2.26. The number of benzene rings is 1. The van der Waals surface area contributed by atoms with Crippen molar-refractivity contribution >= 4 is 27.8 Å². The fourth-order valence-electron chi connectivity index (χ4n) is 2.53. The summed E-state index contributed by atoms with van der Waals surface area (Å²) in [7, 11) is 0. The van der Waals surface area contributed by atoms with Gasteiger partial charge in [-0.15, -0.1) is 0 Å². The van der Waals surface area contributed by atoms with Gasteiger partial charge in [0.2, 0.25) is 0 Å². The van der Waals surface area contributed by atoms with E-state index in [1.807, 2.05) is 13.8 Å². The number of nitrogens with one attached hydrogen (secondary N) is 1. The molecule has 0 saturated carbocycles. The van der Waals surface area contributed by atoms with Crippen molar-refractivity contribution in [2.45, 2.75) is 38.3 Å². The second-order valence-corrected chi connectivity index (χ2v) is 6.87. The normalized spacial score (nSPS) is 20.5. The Morgan fingerprint density at radius 1 is 1.43 bits per heavy atom. The van der Waals surface area contributed by atoms with Gasteiger partial charge in [0.25, 0.3) is 5.91 Å². The Morgan fingerprint density at radius 2 is 2.17 bits per heavy atom. The molecular weight excluding hydrogens is 366 g/mol. The van der Waals surface area contributed by atoms with E-state index in [9.17, 15) is 9.59 Å². The highest BCUT2D eigenvalue weighted by atomic mass is 79.9. The fourth-order valence-corrected chi connectivity index (χ4v) is 3.00. The Kier molecular flexibility index (Phi) is 5.64. The van der Waals surface area contributed by atoms with Gasteiger partial charge in [-0.1, -0.05) is 15.9 Å². The summed E-state index contributed by atoms with van der Waals surface area (Å²) in [6, 6.07) is 5.10. The van der Waals surface area contributed by atoms with Crippen molar-refractivity contribution < 1.29 is 24.2 Å². The van der Waals surface area contributed by atoms with Crippen LogP contribution >= 0.6 is 15.9 Å². The standard InChI is InChI=1S/C16H20BrNO5/c1-10(2)23-13-6-11(5-12(17)7-13)15(21)18-16(8-14(19)20)3-4-22-9-16/h5-7,10H,3-4,8-9H2,1-2H3,(H,18,21)(H,19,20). The van der Waals surface area contributed by atoms with Crippen LogP contribution in [0.2, 0.25) is 0 Å². The molecule has 1 saturated heterocycles. The van der Waals surface area contributed by atoms with Crippen LogP contribution in [0.1, 0.15) is 37.0 Å². The van der Waals surface area contributed by atoms with Crippen LogP contribution in [0.3, 0.4) is 0 Å². The predicted octanol–water partition coefficient (Wildman–Crippen LogP) is 2.60. The Balaban J connectivity index is 2.19. The molecule has 0 bridgehead atoms. The average Bonchev–Trinajstić information content (AvgIpc) is 2.84. The minimum Gasteiger partial charge on any atom is -0.491 e. The Hall–Kier alpha value is -1.60. The van der Waals surface area contributed by atoms with Crippen LogP contribution < -0.4 is 10.1 Å². The van der Waals surface area contributed by atoms with Crippen molar-refractivity contribution in [3.8, 4) is 5.75 Å². The van der Waals surface area contributed by atoms with Gasteiger partial charge in [0.1, 0.15) is 5.75 Å². The van der Waals surface area contributed by atoms with Gasteiger partial charge >= 0.3 is 5.97 Å². The number of carboxylic acids is 1. The summed E-state index contributed by atoms with van der Waals surface area (Å²) < 4.78 is 11.6. The second-order valence-electron chi connectivity index (χ2n) is 5.95. The first-order valence-electron chi connectivity index (χ1n) is 7.39. The van der Waals surface area contributed by atoms with E-state index >= 15 is 0 Å². The summed E-state index contributed by atoms with van der Waals surface area (Å²) >= 11 is 3.36.